The zero-order valence-corrected chi connectivity index (χ0v) is 10.6. The monoisotopic (exact) mass is 273 g/mol. The van der Waals surface area contributed by atoms with Crippen LogP contribution in [-0.2, 0) is 9.84 Å². The predicted molar refractivity (Wildman–Crippen MR) is 66.0 cm³/mol. The second-order valence-corrected chi connectivity index (χ2v) is 6.75. The molecular formula is C11H12ClNO3S. The third kappa shape index (κ3) is 3.20. The summed E-state index contributed by atoms with van der Waals surface area (Å²) in [5, 5.41) is 3.27. The number of halogens is 1. The zero-order valence-electron chi connectivity index (χ0n) is 9.02. The van der Waals surface area contributed by atoms with Crippen molar-refractivity contribution in [2.75, 3.05) is 11.5 Å². The third-order valence-electron chi connectivity index (χ3n) is 2.67. The largest absolute Gasteiger partial charge is 0.348 e. The van der Waals surface area contributed by atoms with Crippen molar-refractivity contribution in [1.29, 1.82) is 0 Å². The van der Waals surface area contributed by atoms with E-state index >= 15 is 0 Å². The van der Waals surface area contributed by atoms with Crippen LogP contribution >= 0.6 is 11.6 Å². The van der Waals surface area contributed by atoms with Gasteiger partial charge in [0, 0.05) is 16.6 Å². The van der Waals surface area contributed by atoms with Crippen LogP contribution in [0.25, 0.3) is 0 Å². The average Bonchev–Trinajstić information content (AvgIpc) is 2.59. The minimum atomic E-state index is -2.97. The van der Waals surface area contributed by atoms with Crippen LogP contribution in [0.1, 0.15) is 16.8 Å². The van der Waals surface area contributed by atoms with E-state index in [-0.39, 0.29) is 23.5 Å². The molecule has 1 atom stereocenters. The Morgan fingerprint density at radius 1 is 1.29 bits per heavy atom. The third-order valence-corrected chi connectivity index (χ3v) is 4.69. The second kappa shape index (κ2) is 4.66. The summed E-state index contributed by atoms with van der Waals surface area (Å²) in [5.74, 6) is -0.0750. The normalized spacial score (nSPS) is 22.3. The molecule has 1 amide bonds. The molecule has 0 aliphatic carbocycles. The van der Waals surface area contributed by atoms with Gasteiger partial charge in [0.15, 0.2) is 9.84 Å². The van der Waals surface area contributed by atoms with Gasteiger partial charge in [-0.25, -0.2) is 8.42 Å². The Morgan fingerprint density at radius 2 is 1.94 bits per heavy atom. The average molecular weight is 274 g/mol. The van der Waals surface area contributed by atoms with E-state index in [1.807, 2.05) is 0 Å². The molecule has 0 unspecified atom stereocenters. The van der Waals surface area contributed by atoms with E-state index in [0.29, 0.717) is 17.0 Å². The van der Waals surface area contributed by atoms with Gasteiger partial charge in [-0.15, -0.1) is 0 Å². The summed E-state index contributed by atoms with van der Waals surface area (Å²) >= 11 is 5.71. The van der Waals surface area contributed by atoms with Gasteiger partial charge in [-0.05, 0) is 30.7 Å². The van der Waals surface area contributed by atoms with Gasteiger partial charge < -0.3 is 5.32 Å². The summed E-state index contributed by atoms with van der Waals surface area (Å²) in [7, 11) is -2.97. The van der Waals surface area contributed by atoms with Gasteiger partial charge in [-0.1, -0.05) is 11.6 Å². The van der Waals surface area contributed by atoms with Crippen LogP contribution in [0, 0.1) is 0 Å². The first-order chi connectivity index (χ1) is 7.96. The molecule has 1 aromatic rings. The summed E-state index contributed by atoms with van der Waals surface area (Å²) in [4.78, 5) is 11.8. The van der Waals surface area contributed by atoms with Crippen molar-refractivity contribution in [3.8, 4) is 0 Å². The maximum Gasteiger partial charge on any atom is 0.251 e. The van der Waals surface area contributed by atoms with Crippen LogP contribution in [0.2, 0.25) is 5.02 Å². The van der Waals surface area contributed by atoms with Crippen molar-refractivity contribution < 1.29 is 13.2 Å². The number of rotatable bonds is 2. The number of carbonyl (C=O) groups excluding carboxylic acids is 1. The van der Waals surface area contributed by atoms with Crippen LogP contribution in [0.15, 0.2) is 24.3 Å². The molecule has 1 aromatic carbocycles. The first-order valence-electron chi connectivity index (χ1n) is 5.23. The second-order valence-electron chi connectivity index (χ2n) is 4.08. The number of nitrogens with one attached hydrogen (secondary N) is 1. The smallest absolute Gasteiger partial charge is 0.251 e. The minimum absolute atomic E-state index is 0.0341. The number of carbonyl (C=O) groups is 1. The van der Waals surface area contributed by atoms with Gasteiger partial charge in [-0.2, -0.15) is 0 Å². The molecule has 1 aliphatic heterocycles. The Kier molecular flexibility index (Phi) is 3.40. The maximum atomic E-state index is 11.8. The van der Waals surface area contributed by atoms with Crippen molar-refractivity contribution in [2.24, 2.45) is 0 Å². The van der Waals surface area contributed by atoms with E-state index in [1.54, 1.807) is 24.3 Å². The molecule has 1 aliphatic rings. The Hall–Kier alpha value is -1.07. The molecule has 2 rings (SSSR count). The molecule has 4 nitrogen and oxygen atoms in total. The van der Waals surface area contributed by atoms with Crippen molar-refractivity contribution in [3.63, 3.8) is 0 Å². The number of hydrogen-bond acceptors (Lipinski definition) is 3. The number of benzene rings is 1. The molecule has 0 bridgehead atoms. The van der Waals surface area contributed by atoms with E-state index in [0.717, 1.165) is 0 Å². The molecular weight excluding hydrogens is 262 g/mol. The molecule has 1 N–H and O–H groups in total. The van der Waals surface area contributed by atoms with Gasteiger partial charge >= 0.3 is 0 Å². The Balaban J connectivity index is 2.01. The number of sulfone groups is 1. The summed E-state index contributed by atoms with van der Waals surface area (Å²) < 4.78 is 22.5. The molecule has 0 spiro atoms. The topological polar surface area (TPSA) is 63.2 Å². The highest BCUT2D eigenvalue weighted by atomic mass is 35.5. The lowest BCUT2D eigenvalue weighted by molar-refractivity contribution is 0.0941. The number of amides is 1. The van der Waals surface area contributed by atoms with Crippen LogP contribution in [-0.4, -0.2) is 31.9 Å². The van der Waals surface area contributed by atoms with E-state index in [4.69, 9.17) is 11.6 Å². The molecule has 0 saturated carbocycles. The first kappa shape index (κ1) is 12.4. The molecule has 0 aromatic heterocycles. The molecule has 1 heterocycles. The predicted octanol–water partition coefficient (Wildman–Crippen LogP) is 1.26. The van der Waals surface area contributed by atoms with E-state index in [2.05, 4.69) is 5.32 Å². The van der Waals surface area contributed by atoms with Gasteiger partial charge in [0.2, 0.25) is 0 Å². The van der Waals surface area contributed by atoms with Gasteiger partial charge in [0.1, 0.15) is 0 Å². The summed E-state index contributed by atoms with van der Waals surface area (Å²) in [6.07, 6.45) is 0.488. The fourth-order valence-corrected chi connectivity index (χ4v) is 3.58. The van der Waals surface area contributed by atoms with Crippen molar-refractivity contribution in [2.45, 2.75) is 12.5 Å². The van der Waals surface area contributed by atoms with Gasteiger partial charge in [0.05, 0.1) is 11.5 Å². The highest BCUT2D eigenvalue weighted by Crippen LogP contribution is 2.13. The fraction of sp³-hybridized carbons (Fsp3) is 0.364. The lowest BCUT2D eigenvalue weighted by atomic mass is 10.2. The molecule has 92 valence electrons. The minimum Gasteiger partial charge on any atom is -0.348 e. The van der Waals surface area contributed by atoms with Crippen LogP contribution in [0.5, 0.6) is 0 Å². The zero-order chi connectivity index (χ0) is 12.5. The van der Waals surface area contributed by atoms with Crippen LogP contribution < -0.4 is 5.32 Å². The lowest BCUT2D eigenvalue weighted by Gasteiger charge is -2.10. The molecule has 1 saturated heterocycles. The van der Waals surface area contributed by atoms with Gasteiger partial charge in [-0.3, -0.25) is 4.79 Å². The quantitative estimate of drug-likeness (QED) is 0.882. The van der Waals surface area contributed by atoms with Crippen LogP contribution in [0.3, 0.4) is 0 Å². The maximum absolute atomic E-state index is 11.8. The fourth-order valence-electron chi connectivity index (χ4n) is 1.78. The number of hydrogen-bond donors (Lipinski definition) is 1. The Labute approximate surface area is 105 Å². The molecule has 6 heteroatoms. The molecule has 0 radical (unpaired) electrons. The Morgan fingerprint density at radius 3 is 2.47 bits per heavy atom. The van der Waals surface area contributed by atoms with E-state index < -0.39 is 9.84 Å². The van der Waals surface area contributed by atoms with Crippen molar-refractivity contribution >= 4 is 27.3 Å². The standard InChI is InChI=1S/C11H12ClNO3S/c12-9-3-1-8(2-4-9)11(14)13-10-5-6-17(15,16)7-10/h1-4,10H,5-7H2,(H,13,14)/t10-/m0/s1. The van der Waals surface area contributed by atoms with E-state index in [9.17, 15) is 13.2 Å². The summed E-state index contributed by atoms with van der Waals surface area (Å²) in [5.41, 5.74) is 0.485. The first-order valence-corrected chi connectivity index (χ1v) is 7.43. The SMILES string of the molecule is O=C(N[C@H]1CCS(=O)(=O)C1)c1ccc(Cl)cc1. The van der Waals surface area contributed by atoms with E-state index in [1.165, 1.54) is 0 Å². The lowest BCUT2D eigenvalue weighted by Crippen LogP contribution is -2.35. The van der Waals surface area contributed by atoms with Gasteiger partial charge in [0.25, 0.3) is 5.91 Å². The van der Waals surface area contributed by atoms with Crippen molar-refractivity contribution in [3.05, 3.63) is 34.9 Å². The van der Waals surface area contributed by atoms with Crippen LogP contribution in [0.4, 0.5) is 0 Å². The Bertz CT molecular complexity index is 524. The summed E-state index contributed by atoms with van der Waals surface area (Å²) in [6.45, 7) is 0. The highest BCUT2D eigenvalue weighted by molar-refractivity contribution is 7.91. The molecule has 17 heavy (non-hydrogen) atoms. The summed E-state index contributed by atoms with van der Waals surface area (Å²) in [6, 6.07) is 6.20. The van der Waals surface area contributed by atoms with Crippen molar-refractivity contribution in [1.82, 2.24) is 5.32 Å². The molecule has 1 fully saturated rings. The highest BCUT2D eigenvalue weighted by Gasteiger charge is 2.28.